The molecule has 1 aliphatic rings. The maximum atomic E-state index is 11.6. The Bertz CT molecular complexity index is 618. The molecule has 0 aliphatic carbocycles. The van der Waals surface area contributed by atoms with Gasteiger partial charge in [0.25, 0.3) is 5.91 Å². The SMILES string of the molecule is Cl.O=C(NCCNCC1COc2ccccc2O1)c1ccco1. The molecule has 1 aromatic heterocycles. The van der Waals surface area contributed by atoms with E-state index in [1.807, 2.05) is 24.3 Å². The number of hydrogen-bond donors (Lipinski definition) is 2. The van der Waals surface area contributed by atoms with Gasteiger partial charge in [-0.05, 0) is 24.3 Å². The van der Waals surface area contributed by atoms with E-state index in [1.54, 1.807) is 12.1 Å². The van der Waals surface area contributed by atoms with Crippen LogP contribution in [0.15, 0.2) is 47.1 Å². The van der Waals surface area contributed by atoms with Crippen molar-refractivity contribution in [1.82, 2.24) is 10.6 Å². The number of carbonyl (C=O) groups is 1. The van der Waals surface area contributed by atoms with E-state index in [-0.39, 0.29) is 24.4 Å². The van der Waals surface area contributed by atoms with Crippen LogP contribution in [-0.2, 0) is 0 Å². The molecule has 2 heterocycles. The lowest BCUT2D eigenvalue weighted by molar-refractivity contribution is 0.0893. The summed E-state index contributed by atoms with van der Waals surface area (Å²) < 4.78 is 16.5. The highest BCUT2D eigenvalue weighted by atomic mass is 35.5. The highest BCUT2D eigenvalue weighted by Crippen LogP contribution is 2.30. The van der Waals surface area contributed by atoms with E-state index in [2.05, 4.69) is 10.6 Å². The van der Waals surface area contributed by atoms with Gasteiger partial charge in [-0.1, -0.05) is 12.1 Å². The molecule has 124 valence electrons. The van der Waals surface area contributed by atoms with Crippen LogP contribution in [0.4, 0.5) is 0 Å². The van der Waals surface area contributed by atoms with E-state index in [9.17, 15) is 4.79 Å². The first-order valence-corrected chi connectivity index (χ1v) is 7.24. The predicted molar refractivity (Wildman–Crippen MR) is 87.5 cm³/mol. The number of amides is 1. The molecule has 1 unspecified atom stereocenters. The lowest BCUT2D eigenvalue weighted by atomic mass is 10.2. The van der Waals surface area contributed by atoms with Crippen molar-refractivity contribution in [2.75, 3.05) is 26.2 Å². The van der Waals surface area contributed by atoms with Crippen molar-refractivity contribution in [3.63, 3.8) is 0 Å². The van der Waals surface area contributed by atoms with Crippen LogP contribution in [0.2, 0.25) is 0 Å². The molecule has 2 aromatic rings. The van der Waals surface area contributed by atoms with Crippen molar-refractivity contribution in [3.05, 3.63) is 48.4 Å². The van der Waals surface area contributed by atoms with Crippen LogP contribution in [0.1, 0.15) is 10.6 Å². The molecule has 7 heteroatoms. The maximum Gasteiger partial charge on any atom is 0.287 e. The molecule has 0 spiro atoms. The summed E-state index contributed by atoms with van der Waals surface area (Å²) in [5.74, 6) is 1.66. The Morgan fingerprint density at radius 2 is 1.96 bits per heavy atom. The van der Waals surface area contributed by atoms with Gasteiger partial charge in [0.15, 0.2) is 17.3 Å². The minimum absolute atomic E-state index is 0. The Labute approximate surface area is 140 Å². The summed E-state index contributed by atoms with van der Waals surface area (Å²) in [7, 11) is 0. The van der Waals surface area contributed by atoms with Gasteiger partial charge in [0.05, 0.1) is 6.26 Å². The topological polar surface area (TPSA) is 72.7 Å². The number of ether oxygens (including phenoxy) is 2. The molecule has 0 saturated heterocycles. The van der Waals surface area contributed by atoms with Crippen molar-refractivity contribution in [2.24, 2.45) is 0 Å². The van der Waals surface area contributed by atoms with Crippen molar-refractivity contribution < 1.29 is 18.7 Å². The fraction of sp³-hybridized carbons (Fsp3) is 0.312. The van der Waals surface area contributed by atoms with Gasteiger partial charge in [0, 0.05) is 19.6 Å². The third-order valence-corrected chi connectivity index (χ3v) is 3.27. The molecular weight excluding hydrogens is 320 g/mol. The fourth-order valence-electron chi connectivity index (χ4n) is 2.19. The molecule has 23 heavy (non-hydrogen) atoms. The van der Waals surface area contributed by atoms with Crippen LogP contribution in [0.3, 0.4) is 0 Å². The summed E-state index contributed by atoms with van der Waals surface area (Å²) in [5.41, 5.74) is 0. The maximum absolute atomic E-state index is 11.6. The van der Waals surface area contributed by atoms with Gasteiger partial charge in [-0.2, -0.15) is 0 Å². The van der Waals surface area contributed by atoms with Gasteiger partial charge in [-0.25, -0.2) is 0 Å². The van der Waals surface area contributed by atoms with E-state index in [1.165, 1.54) is 6.26 Å². The number of rotatable bonds is 6. The lowest BCUT2D eigenvalue weighted by Gasteiger charge is -2.26. The molecule has 0 bridgehead atoms. The van der Waals surface area contributed by atoms with E-state index >= 15 is 0 Å². The average molecular weight is 339 g/mol. The average Bonchev–Trinajstić information content (AvgIpc) is 3.09. The first-order chi connectivity index (χ1) is 10.8. The number of fused-ring (bicyclic) bond motifs is 1. The van der Waals surface area contributed by atoms with Crippen LogP contribution < -0.4 is 20.1 Å². The monoisotopic (exact) mass is 338 g/mol. The summed E-state index contributed by atoms with van der Waals surface area (Å²) in [6, 6.07) is 10.9. The quantitative estimate of drug-likeness (QED) is 0.787. The number of para-hydroxylation sites is 2. The second-order valence-corrected chi connectivity index (χ2v) is 4.93. The van der Waals surface area contributed by atoms with E-state index in [0.29, 0.717) is 32.0 Å². The Hall–Kier alpha value is -2.18. The number of halogens is 1. The Morgan fingerprint density at radius 3 is 2.74 bits per heavy atom. The third-order valence-electron chi connectivity index (χ3n) is 3.27. The van der Waals surface area contributed by atoms with Crippen molar-refractivity contribution >= 4 is 18.3 Å². The summed E-state index contributed by atoms with van der Waals surface area (Å²) >= 11 is 0. The van der Waals surface area contributed by atoms with E-state index < -0.39 is 0 Å². The molecule has 3 rings (SSSR count). The lowest BCUT2D eigenvalue weighted by Crippen LogP contribution is -2.41. The third kappa shape index (κ3) is 4.64. The number of furan rings is 1. The highest BCUT2D eigenvalue weighted by Gasteiger charge is 2.19. The molecule has 1 aromatic carbocycles. The zero-order valence-corrected chi connectivity index (χ0v) is 13.3. The highest BCUT2D eigenvalue weighted by molar-refractivity contribution is 5.91. The number of hydrogen-bond acceptors (Lipinski definition) is 5. The summed E-state index contributed by atoms with van der Waals surface area (Å²) in [6.07, 6.45) is 1.45. The zero-order valence-electron chi connectivity index (χ0n) is 12.5. The van der Waals surface area contributed by atoms with Crippen LogP contribution >= 0.6 is 12.4 Å². The predicted octanol–water partition coefficient (Wildman–Crippen LogP) is 1.86. The largest absolute Gasteiger partial charge is 0.486 e. The molecule has 0 saturated carbocycles. The minimum atomic E-state index is -0.210. The Morgan fingerprint density at radius 1 is 1.13 bits per heavy atom. The standard InChI is InChI=1S/C16H18N2O4.ClH/c19-16(15-6-3-9-20-15)18-8-7-17-10-12-11-21-13-4-1-2-5-14(13)22-12;/h1-6,9,12,17H,7-8,10-11H2,(H,18,19);1H. The van der Waals surface area contributed by atoms with Crippen molar-refractivity contribution in [1.29, 1.82) is 0 Å². The van der Waals surface area contributed by atoms with E-state index in [0.717, 1.165) is 11.5 Å². The first kappa shape index (κ1) is 17.2. The molecular formula is C16H19ClN2O4. The van der Waals surface area contributed by atoms with Crippen LogP contribution in [0.25, 0.3) is 0 Å². The molecule has 1 aliphatic heterocycles. The van der Waals surface area contributed by atoms with Gasteiger partial charge in [0.2, 0.25) is 0 Å². The first-order valence-electron chi connectivity index (χ1n) is 7.24. The minimum Gasteiger partial charge on any atom is -0.486 e. The normalized spacial score (nSPS) is 15.6. The van der Waals surface area contributed by atoms with Gasteiger partial charge >= 0.3 is 0 Å². The molecule has 0 fully saturated rings. The zero-order chi connectivity index (χ0) is 15.2. The smallest absolute Gasteiger partial charge is 0.287 e. The summed E-state index contributed by atoms with van der Waals surface area (Å²) in [6.45, 7) is 2.34. The van der Waals surface area contributed by atoms with Gasteiger partial charge in [-0.3, -0.25) is 4.79 Å². The van der Waals surface area contributed by atoms with Crippen molar-refractivity contribution in [2.45, 2.75) is 6.10 Å². The summed E-state index contributed by atoms with van der Waals surface area (Å²) in [4.78, 5) is 11.6. The van der Waals surface area contributed by atoms with E-state index in [4.69, 9.17) is 13.9 Å². The number of carbonyl (C=O) groups excluding carboxylic acids is 1. The van der Waals surface area contributed by atoms with Crippen LogP contribution in [0, 0.1) is 0 Å². The molecule has 6 nitrogen and oxygen atoms in total. The fourth-order valence-corrected chi connectivity index (χ4v) is 2.19. The number of benzene rings is 1. The number of nitrogens with one attached hydrogen (secondary N) is 2. The van der Waals surface area contributed by atoms with Crippen LogP contribution in [-0.4, -0.2) is 38.3 Å². The summed E-state index contributed by atoms with van der Waals surface area (Å²) in [5, 5.41) is 6.01. The second-order valence-electron chi connectivity index (χ2n) is 4.93. The van der Waals surface area contributed by atoms with Gasteiger partial charge in [0.1, 0.15) is 12.7 Å². The van der Waals surface area contributed by atoms with Crippen LogP contribution in [0.5, 0.6) is 11.5 Å². The van der Waals surface area contributed by atoms with Gasteiger partial charge < -0.3 is 24.5 Å². The van der Waals surface area contributed by atoms with Gasteiger partial charge in [-0.15, -0.1) is 12.4 Å². The Kier molecular flexibility index (Phi) is 6.31. The van der Waals surface area contributed by atoms with Crippen molar-refractivity contribution in [3.8, 4) is 11.5 Å². The second kappa shape index (κ2) is 8.45. The molecule has 2 N–H and O–H groups in total. The molecule has 1 atom stereocenters. The Balaban J connectivity index is 0.00000192. The molecule has 1 amide bonds. The molecule has 0 radical (unpaired) electrons.